The van der Waals surface area contributed by atoms with E-state index in [1.165, 1.54) is 13.2 Å². The SMILES string of the molecule is COC(=O)c1nc(C)cc(NCCC(F)(F)F)n1. The van der Waals surface area contributed by atoms with Crippen LogP contribution in [-0.2, 0) is 4.74 Å². The first-order chi connectivity index (χ1) is 8.31. The molecular weight excluding hydrogens is 251 g/mol. The number of methoxy groups -OCH3 is 1. The summed E-state index contributed by atoms with van der Waals surface area (Å²) in [6, 6.07) is 1.45. The molecule has 0 atom stereocenters. The van der Waals surface area contributed by atoms with Crippen LogP contribution in [0.15, 0.2) is 6.07 Å². The minimum Gasteiger partial charge on any atom is -0.463 e. The van der Waals surface area contributed by atoms with Crippen molar-refractivity contribution in [2.75, 3.05) is 19.0 Å². The van der Waals surface area contributed by atoms with Crippen LogP contribution >= 0.6 is 0 Å². The summed E-state index contributed by atoms with van der Waals surface area (Å²) in [5, 5.41) is 2.48. The van der Waals surface area contributed by atoms with Crippen molar-refractivity contribution in [2.24, 2.45) is 0 Å². The van der Waals surface area contributed by atoms with Crippen molar-refractivity contribution in [1.82, 2.24) is 9.97 Å². The number of hydrogen-bond acceptors (Lipinski definition) is 5. The highest BCUT2D eigenvalue weighted by Gasteiger charge is 2.26. The summed E-state index contributed by atoms with van der Waals surface area (Å²) >= 11 is 0. The largest absolute Gasteiger partial charge is 0.463 e. The van der Waals surface area contributed by atoms with Gasteiger partial charge in [-0.3, -0.25) is 0 Å². The summed E-state index contributed by atoms with van der Waals surface area (Å²) in [4.78, 5) is 18.8. The van der Waals surface area contributed by atoms with Gasteiger partial charge in [0.05, 0.1) is 13.5 Å². The number of alkyl halides is 3. The molecule has 1 rings (SSSR count). The molecular formula is C10H12F3N3O2. The van der Waals surface area contributed by atoms with E-state index in [4.69, 9.17) is 0 Å². The maximum absolute atomic E-state index is 12.0. The zero-order chi connectivity index (χ0) is 13.8. The molecule has 0 saturated carbocycles. The van der Waals surface area contributed by atoms with E-state index >= 15 is 0 Å². The molecule has 0 unspecified atom stereocenters. The van der Waals surface area contributed by atoms with Gasteiger partial charge in [-0.15, -0.1) is 0 Å². The Labute approximate surface area is 101 Å². The fourth-order valence-corrected chi connectivity index (χ4v) is 1.17. The van der Waals surface area contributed by atoms with E-state index < -0.39 is 18.6 Å². The van der Waals surface area contributed by atoms with Crippen LogP contribution in [0, 0.1) is 6.92 Å². The molecule has 0 aromatic carbocycles. The summed E-state index contributed by atoms with van der Waals surface area (Å²) < 4.78 is 40.3. The Balaban J connectivity index is 2.71. The number of nitrogens with one attached hydrogen (secondary N) is 1. The van der Waals surface area contributed by atoms with E-state index in [0.29, 0.717) is 5.69 Å². The van der Waals surface area contributed by atoms with Gasteiger partial charge in [-0.05, 0) is 6.92 Å². The number of nitrogens with zero attached hydrogens (tertiary/aromatic N) is 2. The number of carbonyl (C=O) groups excluding carboxylic acids is 1. The zero-order valence-electron chi connectivity index (χ0n) is 9.84. The zero-order valence-corrected chi connectivity index (χ0v) is 9.84. The standard InChI is InChI=1S/C10H12F3N3O2/c1-6-5-7(14-4-3-10(11,12)13)16-8(15-6)9(17)18-2/h5H,3-4H2,1-2H3,(H,14,15,16). The molecule has 0 spiro atoms. The van der Waals surface area contributed by atoms with Crippen LogP contribution in [0.1, 0.15) is 22.7 Å². The first-order valence-electron chi connectivity index (χ1n) is 5.06. The molecule has 0 saturated heterocycles. The smallest absolute Gasteiger partial charge is 0.390 e. The molecule has 1 aromatic heterocycles. The van der Waals surface area contributed by atoms with Crippen molar-refractivity contribution in [3.8, 4) is 0 Å². The van der Waals surface area contributed by atoms with E-state index in [1.54, 1.807) is 6.92 Å². The minimum absolute atomic E-state index is 0.159. The third-order valence-electron chi connectivity index (χ3n) is 1.94. The number of rotatable bonds is 4. The highest BCUT2D eigenvalue weighted by molar-refractivity contribution is 5.85. The second kappa shape index (κ2) is 5.65. The summed E-state index contributed by atoms with van der Waals surface area (Å²) in [7, 11) is 1.17. The Kier molecular flexibility index (Phi) is 4.46. The molecule has 1 aromatic rings. The highest BCUT2D eigenvalue weighted by Crippen LogP contribution is 2.19. The Morgan fingerprint density at radius 1 is 1.44 bits per heavy atom. The molecule has 0 aliphatic rings. The molecule has 8 heteroatoms. The summed E-state index contributed by atoms with van der Waals surface area (Å²) in [6.07, 6.45) is -5.22. The van der Waals surface area contributed by atoms with Gasteiger partial charge < -0.3 is 10.1 Å². The first-order valence-corrected chi connectivity index (χ1v) is 5.06. The van der Waals surface area contributed by atoms with Crippen molar-refractivity contribution in [3.63, 3.8) is 0 Å². The molecule has 0 aliphatic heterocycles. The van der Waals surface area contributed by atoms with Crippen LogP contribution < -0.4 is 5.32 Å². The van der Waals surface area contributed by atoms with Gasteiger partial charge in [0, 0.05) is 18.3 Å². The van der Waals surface area contributed by atoms with Gasteiger partial charge in [0.15, 0.2) is 0 Å². The van der Waals surface area contributed by atoms with Crippen LogP contribution in [0.25, 0.3) is 0 Å². The molecule has 1 N–H and O–H groups in total. The van der Waals surface area contributed by atoms with Gasteiger partial charge in [-0.1, -0.05) is 0 Å². The van der Waals surface area contributed by atoms with Gasteiger partial charge in [0.1, 0.15) is 5.82 Å². The quantitative estimate of drug-likeness (QED) is 0.841. The van der Waals surface area contributed by atoms with E-state index in [1.807, 2.05) is 0 Å². The number of hydrogen-bond donors (Lipinski definition) is 1. The van der Waals surface area contributed by atoms with E-state index in [9.17, 15) is 18.0 Å². The number of halogens is 3. The van der Waals surface area contributed by atoms with E-state index in [0.717, 1.165) is 0 Å². The molecule has 0 radical (unpaired) electrons. The molecule has 5 nitrogen and oxygen atoms in total. The van der Waals surface area contributed by atoms with Crippen LogP contribution in [0.2, 0.25) is 0 Å². The minimum atomic E-state index is -4.24. The number of anilines is 1. The second-order valence-corrected chi connectivity index (χ2v) is 3.50. The molecule has 0 fully saturated rings. The van der Waals surface area contributed by atoms with Crippen molar-refractivity contribution >= 4 is 11.8 Å². The number of carbonyl (C=O) groups is 1. The average Bonchev–Trinajstić information content (AvgIpc) is 2.25. The second-order valence-electron chi connectivity index (χ2n) is 3.50. The molecule has 100 valence electrons. The Morgan fingerprint density at radius 2 is 2.11 bits per heavy atom. The Hall–Kier alpha value is -1.86. The topological polar surface area (TPSA) is 64.1 Å². The van der Waals surface area contributed by atoms with Gasteiger partial charge >= 0.3 is 12.1 Å². The highest BCUT2D eigenvalue weighted by atomic mass is 19.4. The predicted molar refractivity (Wildman–Crippen MR) is 57.3 cm³/mol. The van der Waals surface area contributed by atoms with Crippen molar-refractivity contribution in [3.05, 3.63) is 17.6 Å². The van der Waals surface area contributed by atoms with Crippen LogP contribution in [0.5, 0.6) is 0 Å². The fourth-order valence-electron chi connectivity index (χ4n) is 1.17. The third-order valence-corrected chi connectivity index (χ3v) is 1.94. The third kappa shape index (κ3) is 4.56. The van der Waals surface area contributed by atoms with Gasteiger partial charge in [-0.2, -0.15) is 13.2 Å². The number of ether oxygens (including phenoxy) is 1. The van der Waals surface area contributed by atoms with Crippen molar-refractivity contribution in [1.29, 1.82) is 0 Å². The maximum atomic E-state index is 12.0. The van der Waals surface area contributed by atoms with Gasteiger partial charge in [0.2, 0.25) is 5.82 Å². The summed E-state index contributed by atoms with van der Waals surface area (Å²) in [6.45, 7) is 1.28. The predicted octanol–water partition coefficient (Wildman–Crippen LogP) is 1.94. The van der Waals surface area contributed by atoms with Crippen LogP contribution in [0.3, 0.4) is 0 Å². The monoisotopic (exact) mass is 263 g/mol. The molecule has 1 heterocycles. The summed E-state index contributed by atoms with van der Waals surface area (Å²) in [5.74, 6) is -0.767. The normalized spacial score (nSPS) is 11.2. The van der Waals surface area contributed by atoms with Crippen molar-refractivity contribution in [2.45, 2.75) is 19.5 Å². The lowest BCUT2D eigenvalue weighted by atomic mass is 10.3. The van der Waals surface area contributed by atoms with E-state index in [2.05, 4.69) is 20.0 Å². The summed E-state index contributed by atoms with van der Waals surface area (Å²) in [5.41, 5.74) is 0.458. The molecule has 18 heavy (non-hydrogen) atoms. The first kappa shape index (κ1) is 14.2. The fraction of sp³-hybridized carbons (Fsp3) is 0.500. The Morgan fingerprint density at radius 3 is 2.67 bits per heavy atom. The molecule has 0 amide bonds. The number of esters is 1. The lowest BCUT2D eigenvalue weighted by Crippen LogP contribution is -2.16. The average molecular weight is 263 g/mol. The lowest BCUT2D eigenvalue weighted by Gasteiger charge is -2.09. The van der Waals surface area contributed by atoms with Crippen LogP contribution in [-0.4, -0.2) is 35.8 Å². The molecule has 0 bridgehead atoms. The lowest BCUT2D eigenvalue weighted by molar-refractivity contribution is -0.131. The Bertz CT molecular complexity index is 435. The van der Waals surface area contributed by atoms with Crippen molar-refractivity contribution < 1.29 is 22.7 Å². The van der Waals surface area contributed by atoms with E-state index in [-0.39, 0.29) is 18.2 Å². The van der Waals surface area contributed by atoms with Crippen LogP contribution in [0.4, 0.5) is 19.0 Å². The maximum Gasteiger partial charge on any atom is 0.390 e. The van der Waals surface area contributed by atoms with Gasteiger partial charge in [0.25, 0.3) is 0 Å². The van der Waals surface area contributed by atoms with Gasteiger partial charge in [-0.25, -0.2) is 14.8 Å². The molecule has 0 aliphatic carbocycles. The number of aromatic nitrogens is 2. The number of aryl methyl sites for hydroxylation is 1.